The van der Waals surface area contributed by atoms with Gasteiger partial charge in [0, 0.05) is 71.3 Å². The van der Waals surface area contributed by atoms with Crippen LogP contribution in [-0.2, 0) is 0 Å². The lowest BCUT2D eigenvalue weighted by molar-refractivity contribution is -0.255. The molecule has 6 rings (SSSR count). The van der Waals surface area contributed by atoms with Crippen molar-refractivity contribution >= 4 is 28.4 Å². The third kappa shape index (κ3) is 3.97. The molecule has 9 heteroatoms. The number of fused-ring (bicyclic) bond motifs is 4. The zero-order valence-corrected chi connectivity index (χ0v) is 25.1. The van der Waals surface area contributed by atoms with E-state index in [1.54, 1.807) is 24.3 Å². The molecule has 5 nitrogen and oxygen atoms in total. The van der Waals surface area contributed by atoms with Crippen molar-refractivity contribution in [1.82, 2.24) is 4.58 Å². The van der Waals surface area contributed by atoms with Gasteiger partial charge in [-0.05, 0) is 57.0 Å². The van der Waals surface area contributed by atoms with Crippen molar-refractivity contribution in [2.24, 2.45) is 0 Å². The summed E-state index contributed by atoms with van der Waals surface area (Å²) >= 11 is 0. The van der Waals surface area contributed by atoms with Crippen molar-refractivity contribution < 1.29 is 32.2 Å². The summed E-state index contributed by atoms with van der Waals surface area (Å²) in [5.74, 6) is -9.96. The van der Waals surface area contributed by atoms with Gasteiger partial charge in [0.05, 0.1) is 17.6 Å². The molecule has 3 aliphatic heterocycles. The van der Waals surface area contributed by atoms with E-state index in [1.807, 2.05) is 77.3 Å². The summed E-state index contributed by atoms with van der Waals surface area (Å²) in [6.07, 6.45) is 4.09. The molecule has 0 amide bonds. The minimum absolute atomic E-state index is 0.142. The maximum atomic E-state index is 15.8. The van der Waals surface area contributed by atoms with Crippen LogP contribution in [0.1, 0.15) is 74.2 Å². The van der Waals surface area contributed by atoms with E-state index in [2.05, 4.69) is 0 Å². The first kappa shape index (κ1) is 28.7. The zero-order chi connectivity index (χ0) is 31.5. The maximum Gasteiger partial charge on any atom is 0.211 e. The molecule has 0 saturated heterocycles. The summed E-state index contributed by atoms with van der Waals surface area (Å²) in [6.45, 7) is 12.0. The van der Waals surface area contributed by atoms with Gasteiger partial charge >= 0.3 is 0 Å². The van der Waals surface area contributed by atoms with Gasteiger partial charge in [-0.15, -0.1) is 0 Å². The van der Waals surface area contributed by atoms with E-state index in [4.69, 9.17) is 4.74 Å². The first-order valence-electron chi connectivity index (χ1n) is 13.8. The van der Waals surface area contributed by atoms with Crippen LogP contribution in [0, 0.1) is 23.3 Å². The minimum Gasteiger partial charge on any atom is -0.545 e. The zero-order valence-electron chi connectivity index (χ0n) is 25.1. The average molecular weight is 591 g/mol. The molecule has 0 aromatic heterocycles. The monoisotopic (exact) mass is 590 g/mol. The molecule has 0 fully saturated rings. The molecule has 0 aliphatic carbocycles. The smallest absolute Gasteiger partial charge is 0.211 e. The fourth-order valence-electron chi connectivity index (χ4n) is 6.51. The number of carboxylic acid groups (broad SMARTS) is 1. The molecule has 3 aromatic carbocycles. The number of halogens is 4. The molecular weight excluding hydrogens is 560 g/mol. The number of anilines is 1. The minimum atomic E-state index is -2.23. The van der Waals surface area contributed by atoms with Crippen LogP contribution in [0.3, 0.4) is 0 Å². The highest BCUT2D eigenvalue weighted by Gasteiger charge is 2.37. The second-order valence-corrected chi connectivity index (χ2v) is 12.6. The van der Waals surface area contributed by atoms with Crippen molar-refractivity contribution in [2.45, 2.75) is 52.6 Å². The Balaban J connectivity index is 1.84. The Hall–Kier alpha value is -4.40. The van der Waals surface area contributed by atoms with Gasteiger partial charge in [0.1, 0.15) is 18.5 Å². The Morgan fingerprint density at radius 1 is 0.837 bits per heavy atom. The number of hydrogen-bond acceptors (Lipinski definition) is 4. The molecule has 0 N–H and O–H groups in total. The van der Waals surface area contributed by atoms with Crippen LogP contribution in [0.2, 0.25) is 0 Å². The summed E-state index contributed by atoms with van der Waals surface area (Å²) in [5, 5.41) is 13.2. The van der Waals surface area contributed by atoms with Gasteiger partial charge in [0.15, 0.2) is 28.8 Å². The van der Waals surface area contributed by atoms with Crippen molar-refractivity contribution in [3.63, 3.8) is 0 Å². The van der Waals surface area contributed by atoms with E-state index >= 15 is 8.78 Å². The highest BCUT2D eigenvalue weighted by molar-refractivity contribution is 5.99. The SMILES string of the molecule is CC1=CC(C)(C)N(C)c2cc3c(cc21)C(c1c(F)c(F)c(F)c(F)c1C(=O)[O-])=c1cc2c(cc1O3)=[N+](C)C(C)(C)C=C2C. The van der Waals surface area contributed by atoms with Gasteiger partial charge in [-0.3, -0.25) is 0 Å². The summed E-state index contributed by atoms with van der Waals surface area (Å²) in [4.78, 5) is 14.3. The Morgan fingerprint density at radius 2 is 1.47 bits per heavy atom. The van der Waals surface area contributed by atoms with Crippen molar-refractivity contribution in [1.29, 1.82) is 0 Å². The number of ether oxygens (including phenoxy) is 1. The van der Waals surface area contributed by atoms with Gasteiger partial charge in [-0.1, -0.05) is 6.08 Å². The normalized spacial score (nSPS) is 17.7. The van der Waals surface area contributed by atoms with E-state index in [0.717, 1.165) is 33.3 Å². The molecule has 0 unspecified atom stereocenters. The largest absolute Gasteiger partial charge is 0.545 e. The molecule has 43 heavy (non-hydrogen) atoms. The van der Waals surface area contributed by atoms with E-state index in [-0.39, 0.29) is 38.9 Å². The molecule has 3 aromatic rings. The fraction of sp³-hybridized carbons (Fsp3) is 0.294. The highest BCUT2D eigenvalue weighted by atomic mass is 19.2. The second kappa shape index (κ2) is 9.05. The van der Waals surface area contributed by atoms with Gasteiger partial charge in [-0.2, -0.15) is 0 Å². The predicted molar refractivity (Wildman–Crippen MR) is 155 cm³/mol. The molecule has 0 atom stereocenters. The Labute approximate surface area is 246 Å². The van der Waals surface area contributed by atoms with E-state index in [9.17, 15) is 18.7 Å². The van der Waals surface area contributed by atoms with Gasteiger partial charge in [0.25, 0.3) is 0 Å². The standard InChI is InChI=1S/C34H30F4N2O3/c1-15-13-33(3,4)39(7)21-11-23-19(9-17(15)21)25(26-27(32(41)42)29(36)31(38)30(37)28(26)35)20-10-18-16(2)14-34(5,6)40(8)22(18)12-24(20)43-23/h9-14H,1-8H3. The average Bonchev–Trinajstić information content (AvgIpc) is 2.92. The van der Waals surface area contributed by atoms with E-state index in [0.29, 0.717) is 0 Å². The van der Waals surface area contributed by atoms with Crippen LogP contribution >= 0.6 is 0 Å². The summed E-state index contributed by atoms with van der Waals surface area (Å²) in [6, 6.07) is 6.87. The number of aromatic carboxylic acids is 1. The van der Waals surface area contributed by atoms with Crippen molar-refractivity contribution in [2.75, 3.05) is 19.0 Å². The first-order valence-corrected chi connectivity index (χ1v) is 13.8. The summed E-state index contributed by atoms with van der Waals surface area (Å²) in [5.41, 5.74) is 1.01. The van der Waals surface area contributed by atoms with Crippen LogP contribution in [0.4, 0.5) is 23.2 Å². The number of likely N-dealkylation sites (N-methyl/N-ethyl adjacent to an activating group) is 2. The number of hydrogen-bond donors (Lipinski definition) is 0. The van der Waals surface area contributed by atoms with Crippen LogP contribution in [0.5, 0.6) is 11.5 Å². The van der Waals surface area contributed by atoms with Crippen LogP contribution in [0.15, 0.2) is 36.4 Å². The number of carboxylic acids is 1. The number of carbonyl (C=O) groups is 1. The molecule has 3 heterocycles. The molecular formula is C34H30F4N2O3. The lowest BCUT2D eigenvalue weighted by atomic mass is 9.83. The predicted octanol–water partition coefficient (Wildman–Crippen LogP) is 4.91. The second-order valence-electron chi connectivity index (χ2n) is 12.6. The number of benzene rings is 3. The van der Waals surface area contributed by atoms with Crippen molar-refractivity contribution in [3.8, 4) is 11.5 Å². The number of carbonyl (C=O) groups excluding carboxylic acids is 1. The first-order chi connectivity index (χ1) is 20.0. The molecule has 3 aliphatic rings. The highest BCUT2D eigenvalue weighted by Crippen LogP contribution is 2.47. The van der Waals surface area contributed by atoms with Gasteiger partial charge in [-0.25, -0.2) is 22.1 Å². The molecule has 222 valence electrons. The van der Waals surface area contributed by atoms with Crippen LogP contribution < -0.4 is 29.9 Å². The van der Waals surface area contributed by atoms with Gasteiger partial charge < -0.3 is 19.5 Å². The van der Waals surface area contributed by atoms with Crippen LogP contribution in [0.25, 0.3) is 16.7 Å². The number of allylic oxidation sites excluding steroid dienone is 2. The molecule has 0 spiro atoms. The topological polar surface area (TPSA) is 55.6 Å². The lowest BCUT2D eigenvalue weighted by Crippen LogP contribution is -2.47. The maximum absolute atomic E-state index is 15.8. The fourth-order valence-corrected chi connectivity index (χ4v) is 6.51. The third-order valence-corrected chi connectivity index (χ3v) is 9.12. The van der Waals surface area contributed by atoms with E-state index < -0.39 is 40.4 Å². The van der Waals surface area contributed by atoms with Crippen LogP contribution in [-0.4, -0.2) is 31.1 Å². The Bertz CT molecular complexity index is 2020. The number of rotatable bonds is 2. The van der Waals surface area contributed by atoms with E-state index in [1.165, 1.54) is 0 Å². The summed E-state index contributed by atoms with van der Waals surface area (Å²) in [7, 11) is 3.83. The molecule has 0 radical (unpaired) electrons. The van der Waals surface area contributed by atoms with Gasteiger partial charge in [0.2, 0.25) is 5.36 Å². The Morgan fingerprint density at radius 3 is 2.12 bits per heavy atom. The van der Waals surface area contributed by atoms with Crippen molar-refractivity contribution in [3.05, 3.63) is 98.1 Å². The quantitative estimate of drug-likeness (QED) is 0.144. The Kier molecular flexibility index (Phi) is 6.04. The molecule has 0 bridgehead atoms. The number of nitrogens with zero attached hydrogens (tertiary/aromatic N) is 2. The third-order valence-electron chi connectivity index (χ3n) is 9.12. The molecule has 0 saturated carbocycles. The lowest BCUT2D eigenvalue weighted by Gasteiger charge is -2.41. The summed E-state index contributed by atoms with van der Waals surface area (Å²) < 4.78 is 68.7.